The minimum absolute atomic E-state index is 0.154. The van der Waals surface area contributed by atoms with Crippen molar-refractivity contribution in [2.75, 3.05) is 29.1 Å². The van der Waals surface area contributed by atoms with Crippen LogP contribution in [0.2, 0.25) is 5.02 Å². The van der Waals surface area contributed by atoms with E-state index >= 15 is 0 Å². The third-order valence-electron chi connectivity index (χ3n) is 4.59. The average molecular weight is 430 g/mol. The lowest BCUT2D eigenvalue weighted by molar-refractivity contribution is -0.113. The lowest BCUT2D eigenvalue weighted by Gasteiger charge is -2.30. The summed E-state index contributed by atoms with van der Waals surface area (Å²) in [5, 5.41) is 11.9. The molecule has 0 saturated carbocycles. The molecular formula is C20H20ClN5O2S. The molecule has 9 heteroatoms. The van der Waals surface area contributed by atoms with E-state index in [9.17, 15) is 4.79 Å². The predicted octanol–water partition coefficient (Wildman–Crippen LogP) is 4.51. The summed E-state index contributed by atoms with van der Waals surface area (Å²) < 4.78 is 5.61. The van der Waals surface area contributed by atoms with Crippen LogP contribution in [0.15, 0.2) is 52.4 Å². The van der Waals surface area contributed by atoms with E-state index in [0.29, 0.717) is 16.1 Å². The Kier molecular flexibility index (Phi) is 6.31. The fraction of sp³-hybridized carbons (Fsp3) is 0.300. The first-order chi connectivity index (χ1) is 14.2. The lowest BCUT2D eigenvalue weighted by Crippen LogP contribution is -2.30. The minimum Gasteiger partial charge on any atom is -0.411 e. The van der Waals surface area contributed by atoms with E-state index in [1.807, 2.05) is 12.1 Å². The molecule has 0 aliphatic carbocycles. The van der Waals surface area contributed by atoms with Crippen molar-refractivity contribution in [3.05, 3.63) is 47.7 Å². The number of thioether (sulfide) groups is 1. The molecule has 1 saturated heterocycles. The van der Waals surface area contributed by atoms with Gasteiger partial charge in [-0.1, -0.05) is 23.4 Å². The number of hydrogen-bond acceptors (Lipinski definition) is 7. The van der Waals surface area contributed by atoms with E-state index in [1.54, 1.807) is 30.6 Å². The Hall–Kier alpha value is -2.58. The van der Waals surface area contributed by atoms with E-state index in [0.717, 1.165) is 42.9 Å². The summed E-state index contributed by atoms with van der Waals surface area (Å²) in [7, 11) is 0. The molecule has 150 valence electrons. The number of aromatic nitrogens is 3. The number of amides is 1. The molecule has 1 aromatic carbocycles. The fourth-order valence-electron chi connectivity index (χ4n) is 3.21. The number of anilines is 2. The van der Waals surface area contributed by atoms with Crippen LogP contribution >= 0.6 is 23.4 Å². The summed E-state index contributed by atoms with van der Waals surface area (Å²) in [4.78, 5) is 18.8. The zero-order chi connectivity index (χ0) is 20.1. The van der Waals surface area contributed by atoms with E-state index in [2.05, 4.69) is 25.4 Å². The topological polar surface area (TPSA) is 84.1 Å². The maximum atomic E-state index is 12.5. The lowest BCUT2D eigenvalue weighted by atomic mass is 10.1. The van der Waals surface area contributed by atoms with Gasteiger partial charge in [-0.3, -0.25) is 9.78 Å². The summed E-state index contributed by atoms with van der Waals surface area (Å²) in [6.07, 6.45) is 6.87. The number of nitrogens with zero attached hydrogens (tertiary/aromatic N) is 4. The molecule has 2 aromatic heterocycles. The van der Waals surface area contributed by atoms with Crippen molar-refractivity contribution in [3.63, 3.8) is 0 Å². The second-order valence-corrected chi connectivity index (χ2v) is 8.02. The molecule has 3 heterocycles. The Balaban J connectivity index is 1.39. The van der Waals surface area contributed by atoms with Crippen molar-refractivity contribution in [3.8, 4) is 11.5 Å². The summed E-state index contributed by atoms with van der Waals surface area (Å²) >= 11 is 7.35. The van der Waals surface area contributed by atoms with Gasteiger partial charge in [-0.05, 0) is 49.6 Å². The average Bonchev–Trinajstić information content (AvgIpc) is 3.23. The zero-order valence-corrected chi connectivity index (χ0v) is 17.2. The smallest absolute Gasteiger partial charge is 0.277 e. The second kappa shape index (κ2) is 9.28. The molecule has 1 amide bonds. The Bertz CT molecular complexity index is 976. The van der Waals surface area contributed by atoms with Gasteiger partial charge in [0.2, 0.25) is 11.8 Å². The van der Waals surface area contributed by atoms with Gasteiger partial charge in [0.05, 0.1) is 17.1 Å². The van der Waals surface area contributed by atoms with E-state index in [4.69, 9.17) is 16.0 Å². The first kappa shape index (κ1) is 19.7. The van der Waals surface area contributed by atoms with Crippen molar-refractivity contribution in [1.82, 2.24) is 15.2 Å². The number of piperidine rings is 1. The molecule has 1 aliphatic heterocycles. The molecule has 1 aliphatic rings. The van der Waals surface area contributed by atoms with Crippen LogP contribution in [-0.2, 0) is 4.79 Å². The molecule has 29 heavy (non-hydrogen) atoms. The third-order valence-corrected chi connectivity index (χ3v) is 5.64. The van der Waals surface area contributed by atoms with Crippen molar-refractivity contribution in [1.29, 1.82) is 0 Å². The summed E-state index contributed by atoms with van der Waals surface area (Å²) in [6.45, 7) is 1.97. The van der Waals surface area contributed by atoms with E-state index < -0.39 is 0 Å². The monoisotopic (exact) mass is 429 g/mol. The van der Waals surface area contributed by atoms with Gasteiger partial charge in [0.1, 0.15) is 0 Å². The zero-order valence-electron chi connectivity index (χ0n) is 15.7. The normalized spacial score (nSPS) is 14.0. The van der Waals surface area contributed by atoms with Gasteiger partial charge in [-0.25, -0.2) is 0 Å². The Labute approximate surface area is 177 Å². The molecule has 4 rings (SSSR count). The van der Waals surface area contributed by atoms with Gasteiger partial charge < -0.3 is 14.6 Å². The molecule has 0 bridgehead atoms. The van der Waals surface area contributed by atoms with Gasteiger partial charge >= 0.3 is 0 Å². The van der Waals surface area contributed by atoms with Crippen molar-refractivity contribution in [2.24, 2.45) is 0 Å². The van der Waals surface area contributed by atoms with Crippen molar-refractivity contribution < 1.29 is 9.21 Å². The predicted molar refractivity (Wildman–Crippen MR) is 114 cm³/mol. The molecule has 3 aromatic rings. The fourth-order valence-corrected chi connectivity index (χ4v) is 3.95. The minimum atomic E-state index is -0.154. The summed E-state index contributed by atoms with van der Waals surface area (Å²) in [5.74, 6) is 0.404. The number of halogens is 1. The number of pyridine rings is 1. The van der Waals surface area contributed by atoms with Gasteiger partial charge in [0, 0.05) is 36.1 Å². The van der Waals surface area contributed by atoms with Crippen LogP contribution in [0, 0.1) is 0 Å². The SMILES string of the molecule is O=C(CSc1nnc(-c2ccncc2)o1)Nc1cc(Cl)ccc1N1CCCCC1. The highest BCUT2D eigenvalue weighted by atomic mass is 35.5. The quantitative estimate of drug-likeness (QED) is 0.577. The Morgan fingerprint density at radius 3 is 2.72 bits per heavy atom. The molecule has 1 N–H and O–H groups in total. The highest BCUT2D eigenvalue weighted by molar-refractivity contribution is 7.99. The summed E-state index contributed by atoms with van der Waals surface area (Å²) in [5.41, 5.74) is 2.52. The van der Waals surface area contributed by atoms with Crippen LogP contribution in [0.5, 0.6) is 0 Å². The van der Waals surface area contributed by atoms with Crippen LogP contribution in [0.4, 0.5) is 11.4 Å². The van der Waals surface area contributed by atoms with Gasteiger partial charge in [-0.15, -0.1) is 10.2 Å². The molecule has 0 unspecified atom stereocenters. The number of benzene rings is 1. The maximum absolute atomic E-state index is 12.5. The van der Waals surface area contributed by atoms with Crippen LogP contribution in [0.3, 0.4) is 0 Å². The molecule has 7 nitrogen and oxygen atoms in total. The number of nitrogens with one attached hydrogen (secondary N) is 1. The van der Waals surface area contributed by atoms with Gasteiger partial charge in [-0.2, -0.15) is 0 Å². The first-order valence-corrected chi connectivity index (χ1v) is 10.8. The Morgan fingerprint density at radius 2 is 1.93 bits per heavy atom. The van der Waals surface area contributed by atoms with E-state index in [-0.39, 0.29) is 11.7 Å². The first-order valence-electron chi connectivity index (χ1n) is 9.40. The third kappa shape index (κ3) is 5.07. The van der Waals surface area contributed by atoms with Gasteiger partial charge in [0.15, 0.2) is 0 Å². The highest BCUT2D eigenvalue weighted by Crippen LogP contribution is 2.31. The van der Waals surface area contributed by atoms with Crippen molar-refractivity contribution in [2.45, 2.75) is 24.5 Å². The Morgan fingerprint density at radius 1 is 1.14 bits per heavy atom. The largest absolute Gasteiger partial charge is 0.411 e. The molecule has 1 fully saturated rings. The molecule has 0 radical (unpaired) electrons. The number of rotatable bonds is 6. The number of carbonyl (C=O) groups excluding carboxylic acids is 1. The van der Waals surface area contributed by atoms with Crippen LogP contribution in [0.1, 0.15) is 19.3 Å². The number of hydrogen-bond donors (Lipinski definition) is 1. The molecule has 0 atom stereocenters. The molecular weight excluding hydrogens is 410 g/mol. The van der Waals surface area contributed by atoms with Crippen LogP contribution in [-0.4, -0.2) is 39.9 Å². The van der Waals surface area contributed by atoms with Crippen LogP contribution < -0.4 is 10.2 Å². The standard InChI is InChI=1S/C20H20ClN5O2S/c21-15-4-5-17(26-10-2-1-3-11-26)16(12-15)23-18(27)13-29-20-25-24-19(28-20)14-6-8-22-9-7-14/h4-9,12H,1-3,10-11,13H2,(H,23,27). The molecule has 0 spiro atoms. The highest BCUT2D eigenvalue weighted by Gasteiger charge is 2.17. The second-order valence-electron chi connectivity index (χ2n) is 6.66. The van der Waals surface area contributed by atoms with Gasteiger partial charge in [0.25, 0.3) is 5.22 Å². The van der Waals surface area contributed by atoms with Crippen molar-refractivity contribution >= 4 is 40.6 Å². The summed E-state index contributed by atoms with van der Waals surface area (Å²) in [6, 6.07) is 9.19. The van der Waals surface area contributed by atoms with Crippen LogP contribution in [0.25, 0.3) is 11.5 Å². The number of carbonyl (C=O) groups is 1. The van der Waals surface area contributed by atoms with E-state index in [1.165, 1.54) is 18.2 Å². The maximum Gasteiger partial charge on any atom is 0.277 e.